The van der Waals surface area contributed by atoms with Crippen LogP contribution in [-0.2, 0) is 7.05 Å². The van der Waals surface area contributed by atoms with Gasteiger partial charge in [-0.15, -0.1) is 0 Å². The molecule has 0 radical (unpaired) electrons. The SMILES string of the molecule is Cn1nc(C2CCN(c3cnccn3)CC2)c2cccnc21. The van der Waals surface area contributed by atoms with Gasteiger partial charge in [0, 0.05) is 50.0 Å². The van der Waals surface area contributed by atoms with Crippen molar-refractivity contribution in [1.29, 1.82) is 0 Å². The number of fused-ring (bicyclic) bond motifs is 1. The minimum Gasteiger partial charge on any atom is -0.355 e. The lowest BCUT2D eigenvalue weighted by atomic mass is 9.92. The van der Waals surface area contributed by atoms with E-state index in [-0.39, 0.29) is 0 Å². The summed E-state index contributed by atoms with van der Waals surface area (Å²) in [5.74, 6) is 1.45. The van der Waals surface area contributed by atoms with Crippen LogP contribution < -0.4 is 4.90 Å². The Morgan fingerprint density at radius 2 is 1.95 bits per heavy atom. The van der Waals surface area contributed by atoms with Crippen molar-refractivity contribution in [2.24, 2.45) is 7.05 Å². The normalized spacial score (nSPS) is 16.3. The summed E-state index contributed by atoms with van der Waals surface area (Å²) >= 11 is 0. The number of aromatic nitrogens is 5. The van der Waals surface area contributed by atoms with Crippen LogP contribution in [0.1, 0.15) is 24.5 Å². The van der Waals surface area contributed by atoms with Gasteiger partial charge in [-0.3, -0.25) is 9.67 Å². The lowest BCUT2D eigenvalue weighted by molar-refractivity contribution is 0.490. The third-order valence-corrected chi connectivity index (χ3v) is 4.38. The van der Waals surface area contributed by atoms with Gasteiger partial charge in [0.2, 0.25) is 0 Å². The van der Waals surface area contributed by atoms with Crippen LogP contribution in [0.2, 0.25) is 0 Å². The number of rotatable bonds is 2. The molecule has 0 saturated carbocycles. The molecule has 1 aliphatic rings. The Hall–Kier alpha value is -2.50. The summed E-state index contributed by atoms with van der Waals surface area (Å²) < 4.78 is 1.89. The summed E-state index contributed by atoms with van der Waals surface area (Å²) in [5.41, 5.74) is 2.15. The first-order chi connectivity index (χ1) is 10.8. The van der Waals surface area contributed by atoms with Crippen molar-refractivity contribution >= 4 is 16.9 Å². The summed E-state index contributed by atoms with van der Waals surface area (Å²) in [6.45, 7) is 1.98. The van der Waals surface area contributed by atoms with Crippen molar-refractivity contribution < 1.29 is 0 Å². The largest absolute Gasteiger partial charge is 0.355 e. The smallest absolute Gasteiger partial charge is 0.157 e. The van der Waals surface area contributed by atoms with Crippen LogP contribution in [0.15, 0.2) is 36.9 Å². The molecule has 0 atom stereocenters. The van der Waals surface area contributed by atoms with E-state index in [4.69, 9.17) is 5.10 Å². The van der Waals surface area contributed by atoms with E-state index in [0.29, 0.717) is 5.92 Å². The molecule has 0 bridgehead atoms. The standard InChI is InChI=1S/C16H18N6/c1-21-16-13(3-2-6-19-16)15(20-21)12-4-9-22(10-5-12)14-11-17-7-8-18-14/h2-3,6-8,11-12H,4-5,9-10H2,1H3. The second-order valence-electron chi connectivity index (χ2n) is 5.71. The minimum atomic E-state index is 0.487. The van der Waals surface area contributed by atoms with Crippen molar-refractivity contribution in [3.05, 3.63) is 42.6 Å². The molecule has 112 valence electrons. The van der Waals surface area contributed by atoms with Crippen LogP contribution in [0.5, 0.6) is 0 Å². The summed E-state index contributed by atoms with van der Waals surface area (Å²) in [6, 6.07) is 4.11. The van der Waals surface area contributed by atoms with Crippen LogP contribution in [0.4, 0.5) is 5.82 Å². The lowest BCUT2D eigenvalue weighted by Gasteiger charge is -2.31. The summed E-state index contributed by atoms with van der Waals surface area (Å²) in [7, 11) is 1.97. The number of hydrogen-bond donors (Lipinski definition) is 0. The Morgan fingerprint density at radius 3 is 2.73 bits per heavy atom. The number of anilines is 1. The van der Waals surface area contributed by atoms with E-state index in [0.717, 1.165) is 37.4 Å². The predicted molar refractivity (Wildman–Crippen MR) is 84.7 cm³/mol. The van der Waals surface area contributed by atoms with Crippen LogP contribution in [0, 0.1) is 0 Å². The summed E-state index contributed by atoms with van der Waals surface area (Å²) in [5, 5.41) is 5.90. The van der Waals surface area contributed by atoms with E-state index in [9.17, 15) is 0 Å². The van der Waals surface area contributed by atoms with Crippen molar-refractivity contribution in [2.75, 3.05) is 18.0 Å². The molecule has 4 heterocycles. The van der Waals surface area contributed by atoms with Gasteiger partial charge in [-0.2, -0.15) is 5.10 Å². The third kappa shape index (κ3) is 2.20. The topological polar surface area (TPSA) is 59.7 Å². The molecule has 4 rings (SSSR count). The third-order valence-electron chi connectivity index (χ3n) is 4.38. The fraction of sp³-hybridized carbons (Fsp3) is 0.375. The second kappa shape index (κ2) is 5.36. The van der Waals surface area contributed by atoms with Crippen molar-refractivity contribution in [3.8, 4) is 0 Å². The van der Waals surface area contributed by atoms with Gasteiger partial charge in [-0.05, 0) is 25.0 Å². The molecule has 6 heteroatoms. The molecule has 0 N–H and O–H groups in total. The molecule has 0 aromatic carbocycles. The van der Waals surface area contributed by atoms with E-state index >= 15 is 0 Å². The molecule has 1 saturated heterocycles. The number of pyridine rings is 1. The predicted octanol–water partition coefficient (Wildman–Crippen LogP) is 2.14. The van der Waals surface area contributed by atoms with Gasteiger partial charge in [-0.25, -0.2) is 9.97 Å². The molecule has 3 aromatic heterocycles. The van der Waals surface area contributed by atoms with E-state index < -0.39 is 0 Å². The Kier molecular flexibility index (Phi) is 3.21. The molecule has 0 spiro atoms. The first-order valence-corrected chi connectivity index (χ1v) is 7.61. The zero-order chi connectivity index (χ0) is 14.9. The van der Waals surface area contributed by atoms with E-state index in [2.05, 4.69) is 25.9 Å². The summed E-state index contributed by atoms with van der Waals surface area (Å²) in [4.78, 5) is 15.3. The van der Waals surface area contributed by atoms with Crippen LogP contribution in [0.25, 0.3) is 11.0 Å². The van der Waals surface area contributed by atoms with Gasteiger partial charge in [0.05, 0.1) is 11.9 Å². The molecule has 22 heavy (non-hydrogen) atoms. The molecule has 1 aliphatic heterocycles. The zero-order valence-electron chi connectivity index (χ0n) is 12.6. The second-order valence-corrected chi connectivity index (χ2v) is 5.71. The molecule has 1 fully saturated rings. The first kappa shape index (κ1) is 13.2. The quantitative estimate of drug-likeness (QED) is 0.724. The number of nitrogens with zero attached hydrogens (tertiary/aromatic N) is 6. The minimum absolute atomic E-state index is 0.487. The maximum atomic E-state index is 4.72. The van der Waals surface area contributed by atoms with Gasteiger partial charge in [0.1, 0.15) is 5.82 Å². The van der Waals surface area contributed by atoms with Crippen LogP contribution in [-0.4, -0.2) is 37.8 Å². The molecular weight excluding hydrogens is 276 g/mol. The van der Waals surface area contributed by atoms with Gasteiger partial charge in [0.15, 0.2) is 5.65 Å². The summed E-state index contributed by atoms with van der Waals surface area (Å²) in [6.07, 6.45) is 9.28. The monoisotopic (exact) mass is 294 g/mol. The van der Waals surface area contributed by atoms with E-state index in [1.807, 2.05) is 30.2 Å². The molecule has 0 aliphatic carbocycles. The highest BCUT2D eigenvalue weighted by Crippen LogP contribution is 2.32. The Balaban J connectivity index is 1.56. The van der Waals surface area contributed by atoms with Crippen molar-refractivity contribution in [1.82, 2.24) is 24.7 Å². The Morgan fingerprint density at radius 1 is 1.09 bits per heavy atom. The van der Waals surface area contributed by atoms with Crippen molar-refractivity contribution in [3.63, 3.8) is 0 Å². The number of hydrogen-bond acceptors (Lipinski definition) is 5. The molecule has 0 unspecified atom stereocenters. The highest BCUT2D eigenvalue weighted by Gasteiger charge is 2.25. The highest BCUT2D eigenvalue weighted by atomic mass is 15.3. The van der Waals surface area contributed by atoms with Gasteiger partial charge < -0.3 is 4.90 Å². The maximum absolute atomic E-state index is 4.72. The van der Waals surface area contributed by atoms with Gasteiger partial charge >= 0.3 is 0 Å². The van der Waals surface area contributed by atoms with E-state index in [1.165, 1.54) is 11.1 Å². The molecule has 6 nitrogen and oxygen atoms in total. The lowest BCUT2D eigenvalue weighted by Crippen LogP contribution is -2.33. The van der Waals surface area contributed by atoms with Crippen molar-refractivity contribution in [2.45, 2.75) is 18.8 Å². The Labute approximate surface area is 128 Å². The Bertz CT molecular complexity index is 774. The first-order valence-electron chi connectivity index (χ1n) is 7.61. The van der Waals surface area contributed by atoms with Crippen LogP contribution in [0.3, 0.4) is 0 Å². The zero-order valence-corrected chi connectivity index (χ0v) is 12.6. The number of aryl methyl sites for hydroxylation is 1. The van der Waals surface area contributed by atoms with Gasteiger partial charge in [-0.1, -0.05) is 0 Å². The van der Waals surface area contributed by atoms with Crippen LogP contribution >= 0.6 is 0 Å². The molecule has 0 amide bonds. The fourth-order valence-corrected chi connectivity index (χ4v) is 3.26. The molecular formula is C16H18N6. The maximum Gasteiger partial charge on any atom is 0.157 e. The fourth-order valence-electron chi connectivity index (χ4n) is 3.26. The molecule has 3 aromatic rings. The average molecular weight is 294 g/mol. The van der Waals surface area contributed by atoms with E-state index in [1.54, 1.807) is 12.4 Å². The average Bonchev–Trinajstić information content (AvgIpc) is 2.93. The van der Waals surface area contributed by atoms with Gasteiger partial charge in [0.25, 0.3) is 0 Å². The number of piperidine rings is 1. The highest BCUT2D eigenvalue weighted by molar-refractivity contribution is 5.78.